The van der Waals surface area contributed by atoms with E-state index >= 15 is 0 Å². The third-order valence-electron chi connectivity index (χ3n) is 5.96. The summed E-state index contributed by atoms with van der Waals surface area (Å²) in [6.07, 6.45) is 1.66. The largest absolute Gasteiger partial charge is 0.316 e. The van der Waals surface area contributed by atoms with Crippen LogP contribution < -0.4 is 5.43 Å². The molecule has 1 amide bonds. The molecule has 3 aromatic carbocycles. The summed E-state index contributed by atoms with van der Waals surface area (Å²) in [6.45, 7) is 4.02. The van der Waals surface area contributed by atoms with E-state index in [4.69, 9.17) is 16.6 Å². The second-order valence-electron chi connectivity index (χ2n) is 8.25. The summed E-state index contributed by atoms with van der Waals surface area (Å²) >= 11 is 6.41. The number of nitrogens with zero attached hydrogens (tertiary/aromatic N) is 3. The third-order valence-corrected chi connectivity index (χ3v) is 6.28. The van der Waals surface area contributed by atoms with Crippen LogP contribution in [-0.2, 0) is 0 Å². The molecule has 1 N–H and O–H groups in total. The molecule has 2 aromatic heterocycles. The Labute approximate surface area is 208 Å². The van der Waals surface area contributed by atoms with Gasteiger partial charge in [-0.15, -0.1) is 0 Å². The van der Waals surface area contributed by atoms with Gasteiger partial charge < -0.3 is 4.57 Å². The first-order chi connectivity index (χ1) is 17.0. The molecule has 0 fully saturated rings. The molecule has 0 radical (unpaired) electrons. The van der Waals surface area contributed by atoms with Gasteiger partial charge in [0.1, 0.15) is 0 Å². The van der Waals surface area contributed by atoms with E-state index in [1.165, 1.54) is 0 Å². The first-order valence-electron chi connectivity index (χ1n) is 11.3. The maximum Gasteiger partial charge on any atom is 0.272 e. The normalized spacial score (nSPS) is 11.3. The summed E-state index contributed by atoms with van der Waals surface area (Å²) in [4.78, 5) is 17.9. The number of pyridine rings is 1. The summed E-state index contributed by atoms with van der Waals surface area (Å²) in [6, 6.07) is 29.0. The lowest BCUT2D eigenvalue weighted by molar-refractivity contribution is 0.0956. The van der Waals surface area contributed by atoms with Crippen molar-refractivity contribution in [3.8, 4) is 16.9 Å². The van der Waals surface area contributed by atoms with Crippen LogP contribution in [0.5, 0.6) is 0 Å². The fraction of sp³-hybridized carbons (Fsp3) is 0.0690. The molecule has 0 unspecified atom stereocenters. The number of carbonyl (C=O) groups excluding carboxylic acids is 1. The summed E-state index contributed by atoms with van der Waals surface area (Å²) in [7, 11) is 0. The number of aryl methyl sites for hydroxylation is 1. The van der Waals surface area contributed by atoms with Gasteiger partial charge in [0.05, 0.1) is 33.7 Å². The Hall–Kier alpha value is -4.22. The maximum absolute atomic E-state index is 13.2. The Morgan fingerprint density at radius 2 is 1.66 bits per heavy atom. The van der Waals surface area contributed by atoms with Gasteiger partial charge in [-0.25, -0.2) is 10.4 Å². The minimum absolute atomic E-state index is 0.294. The Morgan fingerprint density at radius 3 is 2.46 bits per heavy atom. The highest BCUT2D eigenvalue weighted by Gasteiger charge is 2.14. The average molecular weight is 479 g/mol. The van der Waals surface area contributed by atoms with Crippen molar-refractivity contribution >= 4 is 34.6 Å². The number of halogens is 1. The van der Waals surface area contributed by atoms with Crippen LogP contribution in [0.4, 0.5) is 0 Å². The Morgan fingerprint density at radius 1 is 0.943 bits per heavy atom. The Balaban J connectivity index is 1.44. The van der Waals surface area contributed by atoms with Gasteiger partial charge in [0.15, 0.2) is 0 Å². The van der Waals surface area contributed by atoms with Crippen molar-refractivity contribution in [2.75, 3.05) is 0 Å². The Bertz CT molecular complexity index is 1570. The molecule has 2 heterocycles. The van der Waals surface area contributed by atoms with Crippen LogP contribution in [0, 0.1) is 13.8 Å². The molecule has 6 heteroatoms. The predicted molar refractivity (Wildman–Crippen MR) is 142 cm³/mol. The van der Waals surface area contributed by atoms with Crippen LogP contribution in [0.2, 0.25) is 5.02 Å². The zero-order valence-electron chi connectivity index (χ0n) is 19.4. The molecule has 0 aliphatic rings. The van der Waals surface area contributed by atoms with Crippen LogP contribution in [0.15, 0.2) is 96.1 Å². The van der Waals surface area contributed by atoms with E-state index in [2.05, 4.69) is 15.1 Å². The van der Waals surface area contributed by atoms with E-state index in [-0.39, 0.29) is 5.91 Å². The standard InChI is InChI=1S/C29H23ClN4O/c1-19-16-22(20(2)34(19)28-15-9-7-13-25(28)30)18-31-33-29(35)24-17-27(21-10-4-3-5-11-21)32-26-14-8-6-12-23(24)26/h3-18H,1-2H3,(H,33,35). The third kappa shape index (κ3) is 4.46. The highest BCUT2D eigenvalue weighted by Crippen LogP contribution is 2.26. The lowest BCUT2D eigenvalue weighted by Gasteiger charge is -2.11. The van der Waals surface area contributed by atoms with Crippen molar-refractivity contribution in [3.05, 3.63) is 119 Å². The molecule has 0 spiro atoms. The number of aromatic nitrogens is 2. The monoisotopic (exact) mass is 478 g/mol. The summed E-state index contributed by atoms with van der Waals surface area (Å²) in [5.41, 5.74) is 9.46. The van der Waals surface area contributed by atoms with E-state index in [1.807, 2.05) is 105 Å². The quantitative estimate of drug-likeness (QED) is 0.225. The number of hydrogen-bond donors (Lipinski definition) is 1. The molecule has 172 valence electrons. The Kier molecular flexibility index (Phi) is 6.17. The molecule has 5 rings (SSSR count). The molecular formula is C29H23ClN4O. The number of benzene rings is 3. The molecule has 5 aromatic rings. The molecule has 0 aliphatic heterocycles. The van der Waals surface area contributed by atoms with Crippen LogP contribution in [0.1, 0.15) is 27.3 Å². The number of para-hydroxylation sites is 2. The fourth-order valence-corrected chi connectivity index (χ4v) is 4.48. The average Bonchev–Trinajstić information content (AvgIpc) is 3.16. The van der Waals surface area contributed by atoms with Crippen LogP contribution in [-0.4, -0.2) is 21.7 Å². The highest BCUT2D eigenvalue weighted by atomic mass is 35.5. The molecule has 0 atom stereocenters. The van der Waals surface area contributed by atoms with Crippen molar-refractivity contribution in [2.45, 2.75) is 13.8 Å². The molecule has 35 heavy (non-hydrogen) atoms. The van der Waals surface area contributed by atoms with E-state index in [0.717, 1.165) is 44.8 Å². The molecule has 0 saturated heterocycles. The first kappa shape index (κ1) is 22.6. The zero-order valence-corrected chi connectivity index (χ0v) is 20.1. The molecular weight excluding hydrogens is 456 g/mol. The maximum atomic E-state index is 13.2. The van der Waals surface area contributed by atoms with Gasteiger partial charge in [0.2, 0.25) is 0 Å². The van der Waals surface area contributed by atoms with Crippen molar-refractivity contribution in [2.24, 2.45) is 5.10 Å². The SMILES string of the molecule is Cc1cc(C=NNC(=O)c2cc(-c3ccccc3)nc3ccccc23)c(C)n1-c1ccccc1Cl. The number of nitrogens with one attached hydrogen (secondary N) is 1. The van der Waals surface area contributed by atoms with Gasteiger partial charge in [0.25, 0.3) is 5.91 Å². The van der Waals surface area contributed by atoms with E-state index in [1.54, 1.807) is 6.21 Å². The zero-order chi connectivity index (χ0) is 24.4. The minimum atomic E-state index is -0.294. The number of carbonyl (C=O) groups is 1. The van der Waals surface area contributed by atoms with Crippen molar-refractivity contribution < 1.29 is 4.79 Å². The number of hydrazone groups is 1. The smallest absolute Gasteiger partial charge is 0.272 e. The van der Waals surface area contributed by atoms with E-state index < -0.39 is 0 Å². The summed E-state index contributed by atoms with van der Waals surface area (Å²) < 4.78 is 2.08. The van der Waals surface area contributed by atoms with Gasteiger partial charge in [0, 0.05) is 27.9 Å². The highest BCUT2D eigenvalue weighted by molar-refractivity contribution is 6.32. The summed E-state index contributed by atoms with van der Waals surface area (Å²) in [5, 5.41) is 5.71. The second-order valence-corrected chi connectivity index (χ2v) is 8.66. The fourth-order valence-electron chi connectivity index (χ4n) is 4.26. The van der Waals surface area contributed by atoms with E-state index in [0.29, 0.717) is 10.6 Å². The van der Waals surface area contributed by atoms with Crippen LogP contribution >= 0.6 is 11.6 Å². The number of amides is 1. The van der Waals surface area contributed by atoms with Gasteiger partial charge in [-0.2, -0.15) is 5.10 Å². The predicted octanol–water partition coefficient (Wildman–Crippen LogP) is 6.73. The first-order valence-corrected chi connectivity index (χ1v) is 11.6. The lowest BCUT2D eigenvalue weighted by Crippen LogP contribution is -2.18. The minimum Gasteiger partial charge on any atom is -0.316 e. The summed E-state index contributed by atoms with van der Waals surface area (Å²) in [5.74, 6) is -0.294. The van der Waals surface area contributed by atoms with Gasteiger partial charge in [-0.05, 0) is 44.2 Å². The van der Waals surface area contributed by atoms with Crippen molar-refractivity contribution in [1.82, 2.24) is 15.0 Å². The topological polar surface area (TPSA) is 59.3 Å². The van der Waals surface area contributed by atoms with Gasteiger partial charge in [-0.3, -0.25) is 4.79 Å². The number of fused-ring (bicyclic) bond motifs is 1. The second kappa shape index (κ2) is 9.57. The van der Waals surface area contributed by atoms with Crippen LogP contribution in [0.25, 0.3) is 27.8 Å². The lowest BCUT2D eigenvalue weighted by atomic mass is 10.0. The number of rotatable bonds is 5. The van der Waals surface area contributed by atoms with E-state index in [9.17, 15) is 4.79 Å². The van der Waals surface area contributed by atoms with Gasteiger partial charge in [-0.1, -0.05) is 72.3 Å². The van der Waals surface area contributed by atoms with Crippen LogP contribution in [0.3, 0.4) is 0 Å². The van der Waals surface area contributed by atoms with Gasteiger partial charge >= 0.3 is 0 Å². The number of hydrogen-bond acceptors (Lipinski definition) is 3. The van der Waals surface area contributed by atoms with Crippen molar-refractivity contribution in [1.29, 1.82) is 0 Å². The molecule has 0 aliphatic carbocycles. The molecule has 0 bridgehead atoms. The molecule has 0 saturated carbocycles. The van der Waals surface area contributed by atoms with Crippen molar-refractivity contribution in [3.63, 3.8) is 0 Å². The molecule has 5 nitrogen and oxygen atoms in total.